The fourth-order valence-electron chi connectivity index (χ4n) is 3.02. The lowest BCUT2D eigenvalue weighted by Gasteiger charge is -2.14. The van der Waals surface area contributed by atoms with Crippen LogP contribution in [0.1, 0.15) is 16.8 Å². The molecule has 3 rings (SSSR count). The molecule has 0 aliphatic heterocycles. The highest BCUT2D eigenvalue weighted by atomic mass is 16.5. The van der Waals surface area contributed by atoms with Crippen LogP contribution < -0.4 is 10.9 Å². The Morgan fingerprint density at radius 1 is 0.867 bits per heavy atom. The molecular weight excluding hydrogens is 384 g/mol. The van der Waals surface area contributed by atoms with Gasteiger partial charge in [0.15, 0.2) is 0 Å². The van der Waals surface area contributed by atoms with Crippen molar-refractivity contribution in [2.45, 2.75) is 26.0 Å². The molecule has 0 radical (unpaired) electrons. The molecule has 0 saturated heterocycles. The number of aryl methyl sites for hydroxylation is 2. The molecule has 0 unspecified atom stereocenters. The van der Waals surface area contributed by atoms with Gasteiger partial charge in [-0.25, -0.2) is 4.79 Å². The maximum atomic E-state index is 12.8. The van der Waals surface area contributed by atoms with Crippen molar-refractivity contribution in [3.05, 3.63) is 100.0 Å². The van der Waals surface area contributed by atoms with Gasteiger partial charge in [-0.3, -0.25) is 19.5 Å². The number of amides is 1. The minimum Gasteiger partial charge on any atom is -0.480 e. The minimum absolute atomic E-state index is 0.0298. The van der Waals surface area contributed by atoms with E-state index in [0.717, 1.165) is 15.7 Å². The molecule has 0 aliphatic rings. The third kappa shape index (κ3) is 5.81. The van der Waals surface area contributed by atoms with E-state index < -0.39 is 24.2 Å². The maximum Gasteiger partial charge on any atom is 0.412 e. The summed E-state index contributed by atoms with van der Waals surface area (Å²) in [6.45, 7) is -0.428. The second-order valence-corrected chi connectivity index (χ2v) is 6.70. The molecule has 0 bridgehead atoms. The summed E-state index contributed by atoms with van der Waals surface area (Å²) in [4.78, 5) is 36.1. The Morgan fingerprint density at radius 2 is 1.50 bits per heavy atom. The van der Waals surface area contributed by atoms with E-state index in [0.29, 0.717) is 18.5 Å². The molecule has 2 aromatic carbocycles. The fourth-order valence-corrected chi connectivity index (χ4v) is 3.02. The SMILES string of the molecule is O=C(O)Cn1c(CCc2ccccc2)ccc(NC(=O)OCc2ccccc2)c1=O. The van der Waals surface area contributed by atoms with Crippen LogP contribution in [0.25, 0.3) is 0 Å². The van der Waals surface area contributed by atoms with Crippen molar-refractivity contribution < 1.29 is 19.4 Å². The van der Waals surface area contributed by atoms with E-state index in [1.54, 1.807) is 6.07 Å². The summed E-state index contributed by atoms with van der Waals surface area (Å²) >= 11 is 0. The van der Waals surface area contributed by atoms with E-state index in [9.17, 15) is 19.5 Å². The Morgan fingerprint density at radius 3 is 2.13 bits per heavy atom. The van der Waals surface area contributed by atoms with Gasteiger partial charge in [0.1, 0.15) is 18.8 Å². The normalized spacial score (nSPS) is 10.4. The van der Waals surface area contributed by atoms with Crippen molar-refractivity contribution in [1.29, 1.82) is 0 Å². The second-order valence-electron chi connectivity index (χ2n) is 6.70. The van der Waals surface area contributed by atoms with E-state index >= 15 is 0 Å². The molecular formula is C23H22N2O5. The Balaban J connectivity index is 1.72. The second kappa shape index (κ2) is 10.1. The Hall–Kier alpha value is -3.87. The number of aliphatic carboxylic acids is 1. The van der Waals surface area contributed by atoms with Crippen molar-refractivity contribution in [2.24, 2.45) is 0 Å². The average molecular weight is 406 g/mol. The third-order valence-corrected chi connectivity index (χ3v) is 4.52. The van der Waals surface area contributed by atoms with Crippen LogP contribution in [0.5, 0.6) is 0 Å². The molecule has 2 N–H and O–H groups in total. The van der Waals surface area contributed by atoms with Gasteiger partial charge in [0.25, 0.3) is 5.56 Å². The largest absolute Gasteiger partial charge is 0.480 e. The number of rotatable bonds is 8. The van der Waals surface area contributed by atoms with Gasteiger partial charge in [-0.15, -0.1) is 0 Å². The predicted octanol–water partition coefficient (Wildman–Crippen LogP) is 3.47. The fraction of sp³-hybridized carbons (Fsp3) is 0.174. The molecule has 0 fully saturated rings. The molecule has 0 aliphatic carbocycles. The van der Waals surface area contributed by atoms with Crippen LogP contribution in [-0.2, 0) is 35.5 Å². The van der Waals surface area contributed by atoms with Crippen LogP contribution in [0.4, 0.5) is 10.5 Å². The van der Waals surface area contributed by atoms with Gasteiger partial charge in [0, 0.05) is 5.69 Å². The number of carbonyl (C=O) groups is 2. The molecule has 7 nitrogen and oxygen atoms in total. The summed E-state index contributed by atoms with van der Waals surface area (Å²) in [5.41, 5.74) is 1.86. The first-order valence-electron chi connectivity index (χ1n) is 9.49. The Bertz CT molecular complexity index is 1060. The summed E-state index contributed by atoms with van der Waals surface area (Å²) in [6, 6.07) is 22.0. The molecule has 1 heterocycles. The van der Waals surface area contributed by atoms with Crippen LogP contribution in [0.2, 0.25) is 0 Å². The molecule has 0 saturated carbocycles. The minimum atomic E-state index is -1.14. The summed E-state index contributed by atoms with van der Waals surface area (Å²) in [6.07, 6.45) is 0.367. The number of benzene rings is 2. The predicted molar refractivity (Wildman–Crippen MR) is 112 cm³/mol. The van der Waals surface area contributed by atoms with Gasteiger partial charge < -0.3 is 9.84 Å². The van der Waals surface area contributed by atoms with E-state index in [1.807, 2.05) is 60.7 Å². The number of nitrogens with one attached hydrogen (secondary N) is 1. The van der Waals surface area contributed by atoms with Crippen molar-refractivity contribution in [2.75, 3.05) is 5.32 Å². The van der Waals surface area contributed by atoms with Gasteiger partial charge in [-0.05, 0) is 36.1 Å². The number of hydrogen-bond acceptors (Lipinski definition) is 4. The molecule has 3 aromatic rings. The van der Waals surface area contributed by atoms with Crippen molar-refractivity contribution in [3.63, 3.8) is 0 Å². The number of hydrogen-bond donors (Lipinski definition) is 2. The van der Waals surface area contributed by atoms with E-state index in [1.165, 1.54) is 6.07 Å². The molecule has 0 atom stereocenters. The number of pyridine rings is 1. The molecule has 30 heavy (non-hydrogen) atoms. The van der Waals surface area contributed by atoms with Gasteiger partial charge in [0.05, 0.1) is 0 Å². The lowest BCUT2D eigenvalue weighted by Crippen LogP contribution is -2.30. The van der Waals surface area contributed by atoms with Crippen molar-refractivity contribution >= 4 is 17.7 Å². The van der Waals surface area contributed by atoms with Crippen LogP contribution in [0.15, 0.2) is 77.6 Å². The zero-order chi connectivity index (χ0) is 21.3. The van der Waals surface area contributed by atoms with Crippen LogP contribution in [0, 0.1) is 0 Å². The number of carbonyl (C=O) groups excluding carboxylic acids is 1. The van der Waals surface area contributed by atoms with E-state index in [-0.39, 0.29) is 12.3 Å². The highest BCUT2D eigenvalue weighted by Gasteiger charge is 2.14. The van der Waals surface area contributed by atoms with Gasteiger partial charge in [0.2, 0.25) is 0 Å². The van der Waals surface area contributed by atoms with E-state index in [4.69, 9.17) is 4.74 Å². The number of aromatic nitrogens is 1. The summed E-state index contributed by atoms with van der Waals surface area (Å²) < 4.78 is 6.29. The van der Waals surface area contributed by atoms with Crippen LogP contribution >= 0.6 is 0 Å². The van der Waals surface area contributed by atoms with Gasteiger partial charge in [-0.2, -0.15) is 0 Å². The maximum absolute atomic E-state index is 12.8. The third-order valence-electron chi connectivity index (χ3n) is 4.52. The smallest absolute Gasteiger partial charge is 0.412 e. The van der Waals surface area contributed by atoms with Crippen molar-refractivity contribution in [3.8, 4) is 0 Å². The first-order valence-corrected chi connectivity index (χ1v) is 9.49. The number of carboxylic acids is 1. The molecule has 1 aromatic heterocycles. The highest BCUT2D eigenvalue weighted by molar-refractivity contribution is 5.84. The Kier molecular flexibility index (Phi) is 7.00. The zero-order valence-corrected chi connectivity index (χ0v) is 16.3. The molecule has 154 valence electrons. The zero-order valence-electron chi connectivity index (χ0n) is 16.3. The topological polar surface area (TPSA) is 97.6 Å². The highest BCUT2D eigenvalue weighted by Crippen LogP contribution is 2.10. The quantitative estimate of drug-likeness (QED) is 0.597. The number of ether oxygens (including phenoxy) is 1. The number of anilines is 1. The summed E-state index contributed by atoms with van der Waals surface area (Å²) in [5.74, 6) is -1.14. The molecule has 7 heteroatoms. The van der Waals surface area contributed by atoms with Crippen molar-refractivity contribution in [1.82, 2.24) is 4.57 Å². The average Bonchev–Trinajstić information content (AvgIpc) is 2.75. The number of nitrogens with zero attached hydrogens (tertiary/aromatic N) is 1. The standard InChI is InChI=1S/C23H22N2O5/c26-21(27)15-25-19(12-11-17-7-3-1-4-8-17)13-14-20(22(25)28)24-23(29)30-16-18-9-5-2-6-10-18/h1-10,13-14H,11-12,15-16H2,(H,24,29)(H,26,27). The Labute approximate surface area is 173 Å². The first-order chi connectivity index (χ1) is 14.5. The van der Waals surface area contributed by atoms with Crippen LogP contribution in [-0.4, -0.2) is 21.7 Å². The summed E-state index contributed by atoms with van der Waals surface area (Å²) in [5, 5.41) is 11.6. The van der Waals surface area contributed by atoms with E-state index in [2.05, 4.69) is 5.32 Å². The molecule has 0 spiro atoms. The van der Waals surface area contributed by atoms with Gasteiger partial charge in [-0.1, -0.05) is 60.7 Å². The van der Waals surface area contributed by atoms with Crippen LogP contribution in [0.3, 0.4) is 0 Å². The number of carboxylic acid groups (broad SMARTS) is 1. The molecule has 1 amide bonds. The first kappa shape index (κ1) is 20.9. The van der Waals surface area contributed by atoms with Gasteiger partial charge >= 0.3 is 12.1 Å². The lowest BCUT2D eigenvalue weighted by atomic mass is 10.1. The summed E-state index contributed by atoms with van der Waals surface area (Å²) in [7, 11) is 0. The monoisotopic (exact) mass is 406 g/mol. The lowest BCUT2D eigenvalue weighted by molar-refractivity contribution is -0.137.